The number of nitrogens with one attached hydrogen (secondary N) is 1. The van der Waals surface area contributed by atoms with Gasteiger partial charge in [-0.15, -0.1) is 0 Å². The van der Waals surface area contributed by atoms with E-state index < -0.39 is 6.10 Å². The molecule has 158 valence electrons. The summed E-state index contributed by atoms with van der Waals surface area (Å²) >= 11 is 0.985. The van der Waals surface area contributed by atoms with E-state index in [1.165, 1.54) is 0 Å². The van der Waals surface area contributed by atoms with Crippen molar-refractivity contribution >= 4 is 17.3 Å². The van der Waals surface area contributed by atoms with E-state index in [4.69, 9.17) is 14.2 Å². The lowest BCUT2D eigenvalue weighted by Gasteiger charge is -2.19. The average Bonchev–Trinajstić information content (AvgIpc) is 3.08. The number of aromatic hydroxyl groups is 1. The molecule has 3 rings (SSSR count). The van der Waals surface area contributed by atoms with Crippen molar-refractivity contribution in [2.75, 3.05) is 13.7 Å². The summed E-state index contributed by atoms with van der Waals surface area (Å²) < 4.78 is 16.7. The van der Waals surface area contributed by atoms with Crippen LogP contribution >= 0.6 is 11.3 Å². The summed E-state index contributed by atoms with van der Waals surface area (Å²) in [5.74, 6) is 0.881. The van der Waals surface area contributed by atoms with Crippen LogP contribution in [0, 0.1) is 0 Å². The quantitative estimate of drug-likeness (QED) is 0.502. The van der Waals surface area contributed by atoms with Gasteiger partial charge in [0, 0.05) is 12.8 Å². The molecule has 0 bridgehead atoms. The van der Waals surface area contributed by atoms with Gasteiger partial charge >= 0.3 is 10.8 Å². The van der Waals surface area contributed by atoms with E-state index in [1.54, 1.807) is 26.2 Å². The van der Waals surface area contributed by atoms with Crippen molar-refractivity contribution < 1.29 is 24.1 Å². The number of aromatic amines is 1. The molecule has 1 heterocycles. The highest BCUT2D eigenvalue weighted by Crippen LogP contribution is 2.25. The SMILES string of the molecule is CCC(=O)OC(COc1ccc(Cc2sc(=O)[nH]c2O)cc1)c1cccc(OC)c1. The summed E-state index contributed by atoms with van der Waals surface area (Å²) in [4.78, 5) is 25.8. The van der Waals surface area contributed by atoms with Crippen LogP contribution in [0.25, 0.3) is 0 Å². The Morgan fingerprint density at radius 2 is 1.93 bits per heavy atom. The lowest BCUT2D eigenvalue weighted by atomic mass is 10.1. The second-order valence-electron chi connectivity index (χ2n) is 6.53. The monoisotopic (exact) mass is 429 g/mol. The molecule has 0 saturated carbocycles. The first kappa shape index (κ1) is 21.4. The van der Waals surface area contributed by atoms with Crippen molar-refractivity contribution in [3.05, 3.63) is 74.2 Å². The van der Waals surface area contributed by atoms with Crippen LogP contribution in [-0.2, 0) is 16.0 Å². The molecule has 0 amide bonds. The highest BCUT2D eigenvalue weighted by Gasteiger charge is 2.18. The van der Waals surface area contributed by atoms with Crippen molar-refractivity contribution in [2.45, 2.75) is 25.9 Å². The molecule has 7 nitrogen and oxygen atoms in total. The van der Waals surface area contributed by atoms with Gasteiger partial charge in [0.2, 0.25) is 5.88 Å². The maximum Gasteiger partial charge on any atom is 0.307 e. The Bertz CT molecular complexity index is 1040. The fourth-order valence-electron chi connectivity index (χ4n) is 2.81. The zero-order valence-electron chi connectivity index (χ0n) is 16.7. The highest BCUT2D eigenvalue weighted by atomic mass is 32.1. The van der Waals surface area contributed by atoms with Gasteiger partial charge in [-0.25, -0.2) is 0 Å². The molecular formula is C22H23NO6S. The summed E-state index contributed by atoms with van der Waals surface area (Å²) in [6, 6.07) is 14.6. The van der Waals surface area contributed by atoms with Crippen LogP contribution in [0.15, 0.2) is 53.3 Å². The normalized spacial score (nSPS) is 11.7. The third-order valence-corrected chi connectivity index (χ3v) is 5.29. The molecule has 0 aliphatic rings. The van der Waals surface area contributed by atoms with Crippen LogP contribution < -0.4 is 14.3 Å². The largest absolute Gasteiger partial charge is 0.497 e. The average molecular weight is 429 g/mol. The molecule has 1 atom stereocenters. The first-order chi connectivity index (χ1) is 14.5. The molecular weight excluding hydrogens is 406 g/mol. The third-order valence-electron chi connectivity index (χ3n) is 4.42. The molecule has 1 unspecified atom stereocenters. The molecule has 0 fully saturated rings. The second kappa shape index (κ2) is 9.98. The smallest absolute Gasteiger partial charge is 0.307 e. The molecule has 8 heteroatoms. The van der Waals surface area contributed by atoms with E-state index in [-0.39, 0.29) is 29.7 Å². The Morgan fingerprint density at radius 3 is 2.57 bits per heavy atom. The number of methoxy groups -OCH3 is 1. The molecule has 0 radical (unpaired) electrons. The molecule has 3 aromatic rings. The summed E-state index contributed by atoms with van der Waals surface area (Å²) in [5.41, 5.74) is 1.71. The maximum absolute atomic E-state index is 11.9. The number of carbonyl (C=O) groups is 1. The lowest BCUT2D eigenvalue weighted by Crippen LogP contribution is -2.17. The van der Waals surface area contributed by atoms with Crippen molar-refractivity contribution in [2.24, 2.45) is 0 Å². The number of H-pyrrole nitrogens is 1. The van der Waals surface area contributed by atoms with E-state index in [2.05, 4.69) is 4.98 Å². The third kappa shape index (κ3) is 5.64. The van der Waals surface area contributed by atoms with Gasteiger partial charge in [0.1, 0.15) is 18.1 Å². The predicted octanol–water partition coefficient (Wildman–Crippen LogP) is 3.81. The topological polar surface area (TPSA) is 97.9 Å². The Balaban J connectivity index is 1.67. The van der Waals surface area contributed by atoms with Crippen LogP contribution in [0.3, 0.4) is 0 Å². The Morgan fingerprint density at radius 1 is 1.17 bits per heavy atom. The van der Waals surface area contributed by atoms with Crippen molar-refractivity contribution in [3.8, 4) is 17.4 Å². The lowest BCUT2D eigenvalue weighted by molar-refractivity contribution is -0.150. The van der Waals surface area contributed by atoms with Gasteiger partial charge in [-0.3, -0.25) is 14.6 Å². The van der Waals surface area contributed by atoms with E-state index in [0.717, 1.165) is 22.5 Å². The Hall–Kier alpha value is -3.26. The number of hydrogen-bond acceptors (Lipinski definition) is 7. The first-order valence-corrected chi connectivity index (χ1v) is 10.3. The molecule has 0 aliphatic heterocycles. The van der Waals surface area contributed by atoms with Gasteiger partial charge in [-0.1, -0.05) is 42.5 Å². The van der Waals surface area contributed by atoms with Crippen LogP contribution in [0.1, 0.15) is 35.5 Å². The predicted molar refractivity (Wildman–Crippen MR) is 113 cm³/mol. The first-order valence-electron chi connectivity index (χ1n) is 9.44. The molecule has 2 N–H and O–H groups in total. The van der Waals surface area contributed by atoms with Gasteiger partial charge in [0.05, 0.1) is 12.0 Å². The summed E-state index contributed by atoms with van der Waals surface area (Å²) in [6.07, 6.45) is 0.143. The summed E-state index contributed by atoms with van der Waals surface area (Å²) in [7, 11) is 1.58. The number of carbonyl (C=O) groups excluding carboxylic acids is 1. The van der Waals surface area contributed by atoms with Gasteiger partial charge in [-0.05, 0) is 35.4 Å². The molecule has 2 aromatic carbocycles. The number of rotatable bonds is 9. The minimum atomic E-state index is -0.568. The minimum Gasteiger partial charge on any atom is -0.497 e. The zero-order valence-corrected chi connectivity index (χ0v) is 17.5. The summed E-state index contributed by atoms with van der Waals surface area (Å²) in [5, 5.41) is 9.71. The van der Waals surface area contributed by atoms with Crippen LogP contribution in [0.2, 0.25) is 0 Å². The molecule has 30 heavy (non-hydrogen) atoms. The molecule has 0 saturated heterocycles. The minimum absolute atomic E-state index is 0.0933. The van der Waals surface area contributed by atoms with E-state index >= 15 is 0 Å². The van der Waals surface area contributed by atoms with E-state index in [1.807, 2.05) is 36.4 Å². The van der Waals surface area contributed by atoms with E-state index in [9.17, 15) is 14.7 Å². The molecule has 1 aromatic heterocycles. The molecule has 0 spiro atoms. The van der Waals surface area contributed by atoms with Crippen LogP contribution in [0.5, 0.6) is 17.4 Å². The number of hydrogen-bond donors (Lipinski definition) is 2. The van der Waals surface area contributed by atoms with Crippen LogP contribution in [-0.4, -0.2) is 29.8 Å². The number of benzene rings is 2. The van der Waals surface area contributed by atoms with E-state index in [0.29, 0.717) is 22.8 Å². The fourth-order valence-corrected chi connectivity index (χ4v) is 3.57. The van der Waals surface area contributed by atoms with Crippen LogP contribution in [0.4, 0.5) is 0 Å². The standard InChI is InChI=1S/C22H23NO6S/c1-3-20(24)29-18(15-5-4-6-17(12-15)27-2)13-28-16-9-7-14(8-10-16)11-19-21(25)23-22(26)30-19/h4-10,12,18,25H,3,11,13H2,1-2H3,(H,23,26). The van der Waals surface area contributed by atoms with Gasteiger partial charge in [0.25, 0.3) is 0 Å². The zero-order chi connectivity index (χ0) is 21.5. The Labute approximate surface area is 177 Å². The highest BCUT2D eigenvalue weighted by molar-refractivity contribution is 7.09. The van der Waals surface area contributed by atoms with Crippen molar-refractivity contribution in [3.63, 3.8) is 0 Å². The summed E-state index contributed by atoms with van der Waals surface area (Å²) in [6.45, 7) is 1.89. The maximum atomic E-state index is 11.9. The second-order valence-corrected chi connectivity index (χ2v) is 7.59. The number of esters is 1. The Kier molecular flexibility index (Phi) is 7.13. The van der Waals surface area contributed by atoms with Gasteiger partial charge < -0.3 is 19.3 Å². The molecule has 0 aliphatic carbocycles. The number of thiazole rings is 1. The van der Waals surface area contributed by atoms with Crippen molar-refractivity contribution in [1.82, 2.24) is 4.98 Å². The number of ether oxygens (including phenoxy) is 3. The van der Waals surface area contributed by atoms with Gasteiger partial charge in [-0.2, -0.15) is 0 Å². The van der Waals surface area contributed by atoms with Crippen molar-refractivity contribution in [1.29, 1.82) is 0 Å². The van der Waals surface area contributed by atoms with Gasteiger partial charge in [0.15, 0.2) is 6.10 Å². The fraction of sp³-hybridized carbons (Fsp3) is 0.273. The number of aromatic nitrogens is 1.